The molecule has 6 nitrogen and oxygen atoms in total. The van der Waals surface area contributed by atoms with E-state index in [2.05, 4.69) is 0 Å². The number of aliphatic hydroxyl groups excluding tert-OH is 1. The number of phenolic OH excluding ortho intramolecular Hbond substituents is 2. The largest absolute Gasteiger partial charge is 0.507 e. The highest BCUT2D eigenvalue weighted by Gasteiger charge is 2.36. The highest BCUT2D eigenvalue weighted by molar-refractivity contribution is 6.33. The number of benzene rings is 2. The molecule has 0 spiro atoms. The molecule has 1 saturated heterocycles. The first-order chi connectivity index (χ1) is 15.0. The van der Waals surface area contributed by atoms with Crippen molar-refractivity contribution in [2.24, 2.45) is 0 Å². The van der Waals surface area contributed by atoms with Crippen LogP contribution in [0.25, 0.3) is 22.3 Å². The number of alkyl halides is 2. The Morgan fingerprint density at radius 2 is 1.94 bits per heavy atom. The minimum atomic E-state index is -3.09. The van der Waals surface area contributed by atoms with Gasteiger partial charge >= 0.3 is 0 Å². The molecule has 2 heterocycles. The Hall–Kier alpha value is -2.68. The van der Waals surface area contributed by atoms with Crippen molar-refractivity contribution in [1.29, 1.82) is 0 Å². The summed E-state index contributed by atoms with van der Waals surface area (Å²) in [5.74, 6) is -4.15. The molecule has 170 valence electrons. The quantitative estimate of drug-likeness (QED) is 0.528. The maximum Gasteiger partial charge on any atom is 0.270 e. The van der Waals surface area contributed by atoms with Crippen LogP contribution in [-0.4, -0.2) is 46.5 Å². The number of likely N-dealkylation sites (N-methyl/N-ethyl adjacent to an activating group) is 1. The summed E-state index contributed by atoms with van der Waals surface area (Å²) in [6.07, 6.45) is 0.587. The molecule has 1 unspecified atom stereocenters. The normalized spacial score (nSPS) is 19.7. The van der Waals surface area contributed by atoms with Gasteiger partial charge < -0.3 is 24.6 Å². The number of hydrogen-bond acceptors (Lipinski definition) is 6. The summed E-state index contributed by atoms with van der Waals surface area (Å²) in [4.78, 5) is 14.8. The number of aromatic hydroxyl groups is 2. The Morgan fingerprint density at radius 3 is 2.56 bits per heavy atom. The van der Waals surface area contributed by atoms with Gasteiger partial charge in [-0.1, -0.05) is 17.7 Å². The topological polar surface area (TPSA) is 94.1 Å². The third-order valence-electron chi connectivity index (χ3n) is 6.12. The zero-order chi connectivity index (χ0) is 23.4. The van der Waals surface area contributed by atoms with Crippen LogP contribution in [0.4, 0.5) is 8.78 Å². The first kappa shape index (κ1) is 22.5. The van der Waals surface area contributed by atoms with Crippen LogP contribution in [0, 0.1) is 0 Å². The first-order valence-electron chi connectivity index (χ1n) is 10.0. The molecule has 0 aliphatic carbocycles. The molecule has 0 saturated carbocycles. The van der Waals surface area contributed by atoms with Crippen LogP contribution < -0.4 is 5.43 Å². The fraction of sp³-hybridized carbons (Fsp3) is 0.348. The molecular weight excluding hydrogens is 444 g/mol. The number of phenols is 2. The van der Waals surface area contributed by atoms with Crippen molar-refractivity contribution in [2.75, 3.05) is 20.2 Å². The number of hydrogen-bond donors (Lipinski definition) is 3. The molecular formula is C23H22ClF2NO5. The van der Waals surface area contributed by atoms with Crippen LogP contribution in [0.15, 0.2) is 39.5 Å². The summed E-state index contributed by atoms with van der Waals surface area (Å²) in [7, 11) is 1.84. The number of aliphatic hydroxyl groups is 1. The third kappa shape index (κ3) is 3.72. The highest BCUT2D eigenvalue weighted by atomic mass is 35.5. The van der Waals surface area contributed by atoms with Crippen LogP contribution in [0.1, 0.15) is 30.4 Å². The van der Waals surface area contributed by atoms with E-state index in [0.29, 0.717) is 18.5 Å². The van der Waals surface area contributed by atoms with Crippen molar-refractivity contribution in [3.05, 3.63) is 56.7 Å². The second-order valence-electron chi connectivity index (χ2n) is 8.22. The minimum absolute atomic E-state index is 0.0108. The van der Waals surface area contributed by atoms with E-state index in [4.69, 9.17) is 16.0 Å². The van der Waals surface area contributed by atoms with Gasteiger partial charge in [-0.2, -0.15) is 0 Å². The van der Waals surface area contributed by atoms with Gasteiger partial charge in [0.25, 0.3) is 5.92 Å². The number of rotatable bonds is 4. The van der Waals surface area contributed by atoms with E-state index in [1.54, 1.807) is 0 Å². The number of nitrogens with zero attached hydrogens (tertiary/aromatic N) is 1. The second kappa shape index (κ2) is 8.03. The van der Waals surface area contributed by atoms with E-state index in [1.807, 2.05) is 11.9 Å². The smallest absolute Gasteiger partial charge is 0.270 e. The second-order valence-corrected chi connectivity index (χ2v) is 8.62. The molecule has 0 bridgehead atoms. The molecule has 1 aliphatic rings. The summed E-state index contributed by atoms with van der Waals surface area (Å²) in [6, 6.07) is 5.53. The molecule has 1 fully saturated rings. The summed E-state index contributed by atoms with van der Waals surface area (Å²) in [5.41, 5.74) is -0.370. The average molecular weight is 466 g/mol. The lowest BCUT2D eigenvalue weighted by Gasteiger charge is -2.24. The van der Waals surface area contributed by atoms with Gasteiger partial charge in [0.1, 0.15) is 28.2 Å². The lowest BCUT2D eigenvalue weighted by molar-refractivity contribution is 0.0175. The lowest BCUT2D eigenvalue weighted by Crippen LogP contribution is -2.32. The molecule has 2 aromatic carbocycles. The summed E-state index contributed by atoms with van der Waals surface area (Å²) in [6.45, 7) is 1.23. The monoisotopic (exact) mass is 465 g/mol. The SMILES string of the molecule is CN1CCC(c2c(O)cc(O)c3c(=O)cc(-c4ccc(C(C)(F)F)cc4Cl)oc23)[C@@H]1CO. The minimum Gasteiger partial charge on any atom is -0.507 e. The van der Waals surface area contributed by atoms with Crippen molar-refractivity contribution in [3.63, 3.8) is 0 Å². The van der Waals surface area contributed by atoms with Crippen molar-refractivity contribution in [3.8, 4) is 22.8 Å². The van der Waals surface area contributed by atoms with Crippen molar-refractivity contribution in [2.45, 2.75) is 31.2 Å². The Morgan fingerprint density at radius 1 is 1.22 bits per heavy atom. The van der Waals surface area contributed by atoms with Crippen LogP contribution in [-0.2, 0) is 5.92 Å². The standard InChI is InChI=1S/C23H22ClF2NO5/c1-23(25,26)11-3-4-12(14(24)7-11)19-9-18(31)21-17(30)8-16(29)20(22(21)32-19)13-5-6-27(2)15(13)10-28/h3-4,7-9,13,15,28-30H,5-6,10H2,1-2H3/t13?,15-/m0/s1. The van der Waals surface area contributed by atoms with Gasteiger partial charge in [0.15, 0.2) is 5.43 Å². The van der Waals surface area contributed by atoms with Gasteiger partial charge in [0.2, 0.25) is 0 Å². The number of likely N-dealkylation sites (tertiary alicyclic amines) is 1. The van der Waals surface area contributed by atoms with Gasteiger partial charge in [0, 0.05) is 47.7 Å². The summed E-state index contributed by atoms with van der Waals surface area (Å²) < 4.78 is 33.3. The molecule has 3 N–H and O–H groups in total. The van der Waals surface area contributed by atoms with Crippen LogP contribution in [0.3, 0.4) is 0 Å². The Labute approximate surface area is 187 Å². The first-order valence-corrected chi connectivity index (χ1v) is 10.4. The van der Waals surface area contributed by atoms with Crippen LogP contribution in [0.2, 0.25) is 5.02 Å². The predicted molar refractivity (Wildman–Crippen MR) is 117 cm³/mol. The molecule has 1 aliphatic heterocycles. The van der Waals surface area contributed by atoms with Crippen molar-refractivity contribution >= 4 is 22.6 Å². The van der Waals surface area contributed by atoms with E-state index in [1.165, 1.54) is 12.1 Å². The molecule has 9 heteroatoms. The Kier molecular flexibility index (Phi) is 5.65. The van der Waals surface area contributed by atoms with Gasteiger partial charge in [0.05, 0.1) is 11.6 Å². The fourth-order valence-electron chi connectivity index (χ4n) is 4.41. The molecule has 1 aromatic heterocycles. The van der Waals surface area contributed by atoms with Gasteiger partial charge in [-0.15, -0.1) is 0 Å². The van der Waals surface area contributed by atoms with Gasteiger partial charge in [-0.05, 0) is 32.1 Å². The fourth-order valence-corrected chi connectivity index (χ4v) is 4.69. The van der Waals surface area contributed by atoms with E-state index >= 15 is 0 Å². The number of halogens is 3. The van der Waals surface area contributed by atoms with Crippen molar-refractivity contribution in [1.82, 2.24) is 4.90 Å². The van der Waals surface area contributed by atoms with E-state index < -0.39 is 17.1 Å². The maximum absolute atomic E-state index is 13.6. The molecule has 0 amide bonds. The molecule has 2 atom stereocenters. The predicted octanol–water partition coefficient (Wildman–Crippen LogP) is 4.42. The lowest BCUT2D eigenvalue weighted by atomic mass is 9.89. The molecule has 32 heavy (non-hydrogen) atoms. The molecule has 0 radical (unpaired) electrons. The van der Waals surface area contributed by atoms with E-state index in [0.717, 1.165) is 25.1 Å². The Balaban J connectivity index is 1.96. The van der Waals surface area contributed by atoms with E-state index in [9.17, 15) is 28.9 Å². The third-order valence-corrected chi connectivity index (χ3v) is 6.43. The van der Waals surface area contributed by atoms with Crippen LogP contribution >= 0.6 is 11.6 Å². The zero-order valence-electron chi connectivity index (χ0n) is 17.4. The highest BCUT2D eigenvalue weighted by Crippen LogP contribution is 2.44. The Bertz CT molecular complexity index is 1250. The average Bonchev–Trinajstić information content (AvgIpc) is 3.06. The van der Waals surface area contributed by atoms with Gasteiger partial charge in [-0.3, -0.25) is 4.79 Å². The summed E-state index contributed by atoms with van der Waals surface area (Å²) in [5, 5.41) is 30.7. The zero-order valence-corrected chi connectivity index (χ0v) is 18.2. The summed E-state index contributed by atoms with van der Waals surface area (Å²) >= 11 is 6.23. The number of fused-ring (bicyclic) bond motifs is 1. The molecule has 4 rings (SSSR count). The van der Waals surface area contributed by atoms with Gasteiger partial charge in [-0.25, -0.2) is 8.78 Å². The molecule has 3 aromatic rings. The maximum atomic E-state index is 13.6. The van der Waals surface area contributed by atoms with Crippen LogP contribution in [0.5, 0.6) is 11.5 Å². The van der Waals surface area contributed by atoms with Crippen molar-refractivity contribution < 1.29 is 28.5 Å². The van der Waals surface area contributed by atoms with E-state index in [-0.39, 0.29) is 57.2 Å².